The molecule has 0 bridgehead atoms. The number of carbonyl (C=O) groups is 2. The van der Waals surface area contributed by atoms with Crippen LogP contribution in [0, 0.1) is 0 Å². The highest BCUT2D eigenvalue weighted by Crippen LogP contribution is 2.48. The zero-order valence-corrected chi connectivity index (χ0v) is 17.3. The van der Waals surface area contributed by atoms with E-state index in [1.165, 1.54) is 5.56 Å². The minimum absolute atomic E-state index is 0.0779. The average Bonchev–Trinajstić information content (AvgIpc) is 3.57. The number of amides is 2. The smallest absolute Gasteiger partial charge is 0.255 e. The SMILES string of the molecule is O=C(Nc1ccc(C2(C(=O)NCCc3ccccc3)CC2)cc1)c1cccc(Cl)c1. The van der Waals surface area contributed by atoms with Gasteiger partial charge in [0.05, 0.1) is 5.41 Å². The largest absolute Gasteiger partial charge is 0.355 e. The monoisotopic (exact) mass is 418 g/mol. The fourth-order valence-electron chi connectivity index (χ4n) is 3.61. The van der Waals surface area contributed by atoms with Crippen LogP contribution in [0.3, 0.4) is 0 Å². The number of hydrogen-bond donors (Lipinski definition) is 2. The highest BCUT2D eigenvalue weighted by molar-refractivity contribution is 6.31. The van der Waals surface area contributed by atoms with Crippen LogP contribution in [-0.4, -0.2) is 18.4 Å². The lowest BCUT2D eigenvalue weighted by Gasteiger charge is -2.16. The van der Waals surface area contributed by atoms with Gasteiger partial charge < -0.3 is 10.6 Å². The molecule has 2 N–H and O–H groups in total. The molecule has 0 saturated heterocycles. The van der Waals surface area contributed by atoms with Crippen LogP contribution >= 0.6 is 11.6 Å². The minimum Gasteiger partial charge on any atom is -0.355 e. The maximum atomic E-state index is 12.8. The summed E-state index contributed by atoms with van der Waals surface area (Å²) in [5, 5.41) is 6.47. The Kier molecular flexibility index (Phi) is 5.86. The zero-order valence-electron chi connectivity index (χ0n) is 16.5. The molecule has 1 aliphatic rings. The summed E-state index contributed by atoms with van der Waals surface area (Å²) >= 11 is 5.95. The molecule has 0 spiro atoms. The van der Waals surface area contributed by atoms with Gasteiger partial charge in [0.1, 0.15) is 0 Å². The van der Waals surface area contributed by atoms with Crippen molar-refractivity contribution in [3.05, 3.63) is 101 Å². The van der Waals surface area contributed by atoms with Crippen molar-refractivity contribution in [2.24, 2.45) is 0 Å². The van der Waals surface area contributed by atoms with Crippen molar-refractivity contribution >= 4 is 29.1 Å². The third-order valence-corrected chi connectivity index (χ3v) is 5.74. The summed E-state index contributed by atoms with van der Waals surface area (Å²) in [6, 6.07) is 24.5. The normalized spacial score (nSPS) is 14.0. The van der Waals surface area contributed by atoms with Crippen molar-refractivity contribution in [3.8, 4) is 0 Å². The number of halogens is 1. The molecular formula is C25H23ClN2O2. The van der Waals surface area contributed by atoms with Crippen LogP contribution in [0.2, 0.25) is 5.02 Å². The Labute approximate surface area is 181 Å². The van der Waals surface area contributed by atoms with Crippen LogP contribution in [-0.2, 0) is 16.6 Å². The lowest BCUT2D eigenvalue weighted by atomic mass is 9.94. The lowest BCUT2D eigenvalue weighted by molar-refractivity contribution is -0.123. The number of hydrogen-bond acceptors (Lipinski definition) is 2. The van der Waals surface area contributed by atoms with Crippen LogP contribution in [0.4, 0.5) is 5.69 Å². The van der Waals surface area contributed by atoms with E-state index in [1.807, 2.05) is 42.5 Å². The van der Waals surface area contributed by atoms with E-state index in [1.54, 1.807) is 24.3 Å². The van der Waals surface area contributed by atoms with Gasteiger partial charge in [0.2, 0.25) is 5.91 Å². The first-order chi connectivity index (χ1) is 14.6. The summed E-state index contributed by atoms with van der Waals surface area (Å²) in [7, 11) is 0. The number of nitrogens with one attached hydrogen (secondary N) is 2. The van der Waals surface area contributed by atoms with Gasteiger partial charge in [0.25, 0.3) is 5.91 Å². The quantitative estimate of drug-likeness (QED) is 0.568. The Hall–Kier alpha value is -3.11. The molecule has 3 aromatic carbocycles. The van der Waals surface area contributed by atoms with E-state index in [9.17, 15) is 9.59 Å². The van der Waals surface area contributed by atoms with E-state index < -0.39 is 5.41 Å². The van der Waals surface area contributed by atoms with Gasteiger partial charge in [-0.1, -0.05) is 60.1 Å². The molecule has 2 amide bonds. The van der Waals surface area contributed by atoms with Gasteiger partial charge in [0.15, 0.2) is 0 Å². The molecule has 152 valence electrons. The molecule has 3 aromatic rings. The molecule has 1 fully saturated rings. The summed E-state index contributed by atoms with van der Waals surface area (Å²) < 4.78 is 0. The molecule has 0 radical (unpaired) electrons. The molecular weight excluding hydrogens is 396 g/mol. The van der Waals surface area contributed by atoms with Crippen LogP contribution in [0.25, 0.3) is 0 Å². The van der Waals surface area contributed by atoms with Gasteiger partial charge in [-0.15, -0.1) is 0 Å². The van der Waals surface area contributed by atoms with E-state index in [4.69, 9.17) is 11.6 Å². The maximum Gasteiger partial charge on any atom is 0.255 e. The first-order valence-corrected chi connectivity index (χ1v) is 10.4. The van der Waals surface area contributed by atoms with Crippen molar-refractivity contribution in [2.75, 3.05) is 11.9 Å². The predicted molar refractivity (Wildman–Crippen MR) is 120 cm³/mol. The van der Waals surface area contributed by atoms with Crippen LogP contribution in [0.5, 0.6) is 0 Å². The molecule has 0 atom stereocenters. The van der Waals surface area contributed by atoms with E-state index in [0.717, 1.165) is 24.8 Å². The van der Waals surface area contributed by atoms with Crippen molar-refractivity contribution in [1.82, 2.24) is 5.32 Å². The molecule has 5 heteroatoms. The molecule has 30 heavy (non-hydrogen) atoms. The Morgan fingerprint density at radius 1 is 0.900 bits per heavy atom. The predicted octanol–water partition coefficient (Wildman–Crippen LogP) is 4.98. The van der Waals surface area contributed by atoms with E-state index in [2.05, 4.69) is 22.8 Å². The highest BCUT2D eigenvalue weighted by Gasteiger charge is 2.50. The summed E-state index contributed by atoms with van der Waals surface area (Å²) in [6.07, 6.45) is 2.51. The lowest BCUT2D eigenvalue weighted by Crippen LogP contribution is -2.35. The van der Waals surface area contributed by atoms with Gasteiger partial charge in [-0.05, 0) is 60.7 Å². The molecule has 0 aromatic heterocycles. The number of rotatable bonds is 7. The van der Waals surface area contributed by atoms with Crippen LogP contribution in [0.15, 0.2) is 78.9 Å². The Balaban J connectivity index is 1.36. The minimum atomic E-state index is -0.438. The highest BCUT2D eigenvalue weighted by atomic mass is 35.5. The topological polar surface area (TPSA) is 58.2 Å². The second-order valence-electron chi connectivity index (χ2n) is 7.62. The average molecular weight is 419 g/mol. The molecule has 1 aliphatic carbocycles. The second kappa shape index (κ2) is 8.72. The van der Waals surface area contributed by atoms with Gasteiger partial charge in [-0.2, -0.15) is 0 Å². The van der Waals surface area contributed by atoms with Gasteiger partial charge in [-0.3, -0.25) is 9.59 Å². The third kappa shape index (κ3) is 4.55. The first-order valence-electron chi connectivity index (χ1n) is 10.1. The van der Waals surface area contributed by atoms with E-state index in [-0.39, 0.29) is 11.8 Å². The Bertz CT molecular complexity index is 1040. The number of anilines is 1. The first kappa shape index (κ1) is 20.2. The zero-order chi connectivity index (χ0) is 21.0. The van der Waals surface area contributed by atoms with E-state index >= 15 is 0 Å². The van der Waals surface area contributed by atoms with Crippen molar-refractivity contribution in [2.45, 2.75) is 24.7 Å². The fourth-order valence-corrected chi connectivity index (χ4v) is 3.80. The van der Waals surface area contributed by atoms with E-state index in [0.29, 0.717) is 22.8 Å². The van der Waals surface area contributed by atoms with Crippen molar-refractivity contribution in [1.29, 1.82) is 0 Å². The fraction of sp³-hybridized carbons (Fsp3) is 0.200. The van der Waals surface area contributed by atoms with Crippen LogP contribution in [0.1, 0.15) is 34.3 Å². The molecule has 0 heterocycles. The third-order valence-electron chi connectivity index (χ3n) is 5.51. The molecule has 0 unspecified atom stereocenters. The Morgan fingerprint density at radius 3 is 2.30 bits per heavy atom. The number of carbonyl (C=O) groups excluding carboxylic acids is 2. The van der Waals surface area contributed by atoms with Gasteiger partial charge in [0, 0.05) is 22.8 Å². The summed E-state index contributed by atoms with van der Waals surface area (Å²) in [5.74, 6) is -0.140. The number of benzene rings is 3. The molecule has 4 rings (SSSR count). The molecule has 0 aliphatic heterocycles. The second-order valence-corrected chi connectivity index (χ2v) is 8.05. The maximum absolute atomic E-state index is 12.8. The molecule has 1 saturated carbocycles. The summed E-state index contributed by atoms with van der Waals surface area (Å²) in [6.45, 7) is 0.623. The summed E-state index contributed by atoms with van der Waals surface area (Å²) in [5.41, 5.74) is 2.95. The van der Waals surface area contributed by atoms with Crippen molar-refractivity contribution in [3.63, 3.8) is 0 Å². The van der Waals surface area contributed by atoms with Crippen molar-refractivity contribution < 1.29 is 9.59 Å². The van der Waals surface area contributed by atoms with Gasteiger partial charge >= 0.3 is 0 Å². The Morgan fingerprint density at radius 2 is 1.63 bits per heavy atom. The van der Waals surface area contributed by atoms with Crippen LogP contribution < -0.4 is 10.6 Å². The van der Waals surface area contributed by atoms with Gasteiger partial charge in [-0.25, -0.2) is 0 Å². The standard InChI is InChI=1S/C25H23ClN2O2/c26-21-8-4-7-19(17-21)23(29)28-22-11-9-20(10-12-22)25(14-15-25)24(30)27-16-13-18-5-2-1-3-6-18/h1-12,17H,13-16H2,(H,27,30)(H,28,29). The summed E-state index contributed by atoms with van der Waals surface area (Å²) in [4.78, 5) is 25.2. The molecule has 4 nitrogen and oxygen atoms in total.